The summed E-state index contributed by atoms with van der Waals surface area (Å²) < 4.78 is 6.94. The fourth-order valence-corrected chi connectivity index (χ4v) is 8.17. The molecule has 0 radical (unpaired) electrons. The molecule has 0 bridgehead atoms. The molecule has 0 fully saturated rings. The van der Waals surface area contributed by atoms with Gasteiger partial charge in [0.15, 0.2) is 0 Å². The van der Waals surface area contributed by atoms with Gasteiger partial charge < -0.3 is 14.6 Å². The summed E-state index contributed by atoms with van der Waals surface area (Å²) in [5.41, 5.74) is 6.32. The average molecular weight is 852 g/mol. The molecule has 2 aromatic carbocycles. The fraction of sp³-hybridized carbons (Fsp3) is 0.167. The summed E-state index contributed by atoms with van der Waals surface area (Å²) in [5.74, 6) is -1.20. The van der Waals surface area contributed by atoms with Crippen LogP contribution in [0.3, 0.4) is 0 Å². The summed E-state index contributed by atoms with van der Waals surface area (Å²) in [5, 5.41) is 22.8. The summed E-state index contributed by atoms with van der Waals surface area (Å²) in [6, 6.07) is 32.6. The lowest BCUT2D eigenvalue weighted by Gasteiger charge is -2.26. The first-order valence-electron chi connectivity index (χ1n) is 19.6. The first kappa shape index (κ1) is 41.2. The zero-order valence-electron chi connectivity index (χ0n) is 33.3. The van der Waals surface area contributed by atoms with E-state index in [1.54, 1.807) is 36.7 Å². The standard InChI is InChI=1S/C48H40Cl2N6O5/c1-29-11-9-15-33(53-29)25-55(23-31-13-5-7-19-51-31)27-39-44(57)41(49)21-37-43(35-17-3-4-18-36(35)48(59)60)38-22-42(50)45(58)40(47(38)61-46(37)39)28-56(24-32-14-6-8-20-52-32)26-34-16-10-12-30(2)54-34/h3-22,57H,23-28H2,1-2H3,(H,59,60). The van der Waals surface area contributed by atoms with Gasteiger partial charge in [0.1, 0.15) is 17.1 Å². The molecule has 306 valence electrons. The summed E-state index contributed by atoms with van der Waals surface area (Å²) in [6.45, 7) is 5.43. The van der Waals surface area contributed by atoms with Gasteiger partial charge in [0, 0.05) is 79.6 Å². The number of carboxylic acids is 1. The van der Waals surface area contributed by atoms with E-state index in [0.29, 0.717) is 53.8 Å². The molecule has 4 aromatic heterocycles. The lowest BCUT2D eigenvalue weighted by molar-refractivity contribution is 0.0697. The van der Waals surface area contributed by atoms with Crippen molar-refractivity contribution in [2.24, 2.45) is 0 Å². The number of benzene rings is 3. The Kier molecular flexibility index (Phi) is 12.2. The molecule has 13 heteroatoms. The number of phenols is 1. The maximum atomic E-state index is 14.4. The van der Waals surface area contributed by atoms with Gasteiger partial charge in [-0.1, -0.05) is 65.7 Å². The van der Waals surface area contributed by atoms with Gasteiger partial charge in [-0.25, -0.2) is 4.79 Å². The van der Waals surface area contributed by atoms with Crippen LogP contribution in [0.2, 0.25) is 10.0 Å². The summed E-state index contributed by atoms with van der Waals surface area (Å²) >= 11 is 13.8. The Labute approximate surface area is 361 Å². The SMILES string of the molecule is Cc1cccc(CN(Cc2ccccn2)Cc2c3oc4c(CN(Cc5ccccn5)Cc5cccc(C)n5)c(O)c(Cl)cc4c(-c4ccccc4C(=O)O)c-3cc(Cl)c2=O)n1. The van der Waals surface area contributed by atoms with Crippen molar-refractivity contribution in [3.63, 3.8) is 0 Å². The van der Waals surface area contributed by atoms with Gasteiger partial charge in [0.05, 0.1) is 49.5 Å². The molecule has 0 spiro atoms. The molecule has 8 rings (SSSR count). The normalized spacial score (nSPS) is 11.6. The zero-order chi connectivity index (χ0) is 42.6. The van der Waals surface area contributed by atoms with E-state index in [1.807, 2.05) is 91.5 Å². The Morgan fingerprint density at radius 1 is 0.639 bits per heavy atom. The quantitative estimate of drug-likeness (QED) is 0.101. The number of nitrogens with zero attached hydrogens (tertiary/aromatic N) is 6. The number of aromatic hydroxyl groups is 1. The van der Waals surface area contributed by atoms with Crippen molar-refractivity contribution >= 4 is 40.1 Å². The first-order valence-corrected chi connectivity index (χ1v) is 20.3. The molecular formula is C48H40Cl2N6O5. The number of carbonyl (C=O) groups is 1. The van der Waals surface area contributed by atoms with Gasteiger partial charge in [-0.15, -0.1) is 0 Å². The number of aromatic carboxylic acids is 1. The van der Waals surface area contributed by atoms with Crippen LogP contribution < -0.4 is 5.43 Å². The topological polar surface area (TPSA) is 146 Å². The smallest absolute Gasteiger partial charge is 0.336 e. The maximum Gasteiger partial charge on any atom is 0.336 e. The largest absolute Gasteiger partial charge is 0.506 e. The van der Waals surface area contributed by atoms with Gasteiger partial charge in [-0.05, 0) is 86.1 Å². The van der Waals surface area contributed by atoms with E-state index in [0.717, 1.165) is 34.2 Å². The second-order valence-electron chi connectivity index (χ2n) is 14.9. The number of hydrogen-bond acceptors (Lipinski definition) is 10. The Bertz CT molecular complexity index is 2910. The Hall–Kier alpha value is -6.50. The minimum absolute atomic E-state index is 0.00974. The van der Waals surface area contributed by atoms with E-state index < -0.39 is 11.4 Å². The van der Waals surface area contributed by atoms with E-state index in [-0.39, 0.29) is 51.4 Å². The van der Waals surface area contributed by atoms with Crippen molar-refractivity contribution < 1.29 is 19.4 Å². The van der Waals surface area contributed by atoms with Crippen LogP contribution in [-0.4, -0.2) is 45.9 Å². The van der Waals surface area contributed by atoms with Crippen LogP contribution in [0.4, 0.5) is 0 Å². The summed E-state index contributed by atoms with van der Waals surface area (Å²) in [4.78, 5) is 50.0. The lowest BCUT2D eigenvalue weighted by Crippen LogP contribution is -2.27. The highest BCUT2D eigenvalue weighted by Gasteiger charge is 2.30. The zero-order valence-corrected chi connectivity index (χ0v) is 34.9. The minimum Gasteiger partial charge on any atom is -0.506 e. The Morgan fingerprint density at radius 3 is 1.74 bits per heavy atom. The van der Waals surface area contributed by atoms with Crippen molar-refractivity contribution in [2.75, 3.05) is 0 Å². The molecule has 11 nitrogen and oxygen atoms in total. The molecule has 0 saturated carbocycles. The molecule has 61 heavy (non-hydrogen) atoms. The number of halogens is 2. The van der Waals surface area contributed by atoms with Crippen molar-refractivity contribution in [1.82, 2.24) is 29.7 Å². The fourth-order valence-electron chi connectivity index (χ4n) is 7.72. The molecule has 5 heterocycles. The number of carboxylic acid groups (broad SMARTS) is 1. The third kappa shape index (κ3) is 9.15. The van der Waals surface area contributed by atoms with Gasteiger partial charge >= 0.3 is 5.97 Å². The number of hydrogen-bond donors (Lipinski definition) is 2. The first-order chi connectivity index (χ1) is 29.5. The monoisotopic (exact) mass is 850 g/mol. The van der Waals surface area contributed by atoms with E-state index in [4.69, 9.17) is 37.6 Å². The van der Waals surface area contributed by atoms with Crippen LogP contribution in [-0.2, 0) is 39.3 Å². The number of aromatic nitrogens is 4. The highest BCUT2D eigenvalue weighted by Crippen LogP contribution is 2.48. The molecule has 2 aliphatic rings. The van der Waals surface area contributed by atoms with Crippen LogP contribution in [0.15, 0.2) is 131 Å². The van der Waals surface area contributed by atoms with Gasteiger partial charge in [0.25, 0.3) is 0 Å². The van der Waals surface area contributed by atoms with Crippen molar-refractivity contribution in [3.05, 3.63) is 193 Å². The molecule has 0 amide bonds. The predicted molar refractivity (Wildman–Crippen MR) is 236 cm³/mol. The molecule has 1 aliphatic carbocycles. The van der Waals surface area contributed by atoms with Gasteiger partial charge in [-0.3, -0.25) is 34.5 Å². The molecule has 1 aliphatic heterocycles. The van der Waals surface area contributed by atoms with Crippen molar-refractivity contribution in [1.29, 1.82) is 0 Å². The molecule has 0 saturated heterocycles. The maximum absolute atomic E-state index is 14.4. The molecular weight excluding hydrogens is 811 g/mol. The Morgan fingerprint density at radius 2 is 1.18 bits per heavy atom. The van der Waals surface area contributed by atoms with Crippen LogP contribution in [0.1, 0.15) is 55.6 Å². The third-order valence-electron chi connectivity index (χ3n) is 10.4. The second-order valence-corrected chi connectivity index (χ2v) is 15.7. The van der Waals surface area contributed by atoms with E-state index in [9.17, 15) is 19.8 Å². The van der Waals surface area contributed by atoms with Crippen LogP contribution in [0, 0.1) is 13.8 Å². The number of fused-ring (bicyclic) bond motifs is 2. The second kappa shape index (κ2) is 18.0. The number of phenolic OH excluding ortho intramolecular Hbond substituents is 1. The van der Waals surface area contributed by atoms with E-state index in [1.165, 1.54) is 12.1 Å². The minimum atomic E-state index is -1.16. The van der Waals surface area contributed by atoms with Crippen molar-refractivity contribution in [2.45, 2.75) is 53.1 Å². The molecule has 2 N–H and O–H groups in total. The average Bonchev–Trinajstić information content (AvgIpc) is 3.24. The van der Waals surface area contributed by atoms with Crippen LogP contribution >= 0.6 is 23.2 Å². The molecule has 0 atom stereocenters. The van der Waals surface area contributed by atoms with Crippen LogP contribution in [0.25, 0.3) is 33.4 Å². The lowest BCUT2D eigenvalue weighted by atomic mass is 9.88. The highest BCUT2D eigenvalue weighted by molar-refractivity contribution is 6.33. The summed E-state index contributed by atoms with van der Waals surface area (Å²) in [7, 11) is 0. The molecule has 6 aromatic rings. The highest BCUT2D eigenvalue weighted by atomic mass is 35.5. The van der Waals surface area contributed by atoms with Gasteiger partial charge in [0.2, 0.25) is 5.43 Å². The van der Waals surface area contributed by atoms with E-state index >= 15 is 0 Å². The summed E-state index contributed by atoms with van der Waals surface area (Å²) in [6.07, 6.45) is 3.43. The Balaban J connectivity index is 1.37. The number of pyridine rings is 4. The van der Waals surface area contributed by atoms with Crippen molar-refractivity contribution in [3.8, 4) is 28.2 Å². The van der Waals surface area contributed by atoms with E-state index in [2.05, 4.69) is 14.9 Å². The van der Waals surface area contributed by atoms with Crippen LogP contribution in [0.5, 0.6) is 5.75 Å². The third-order valence-corrected chi connectivity index (χ3v) is 11.0. The number of aryl methyl sites for hydroxylation is 2. The number of rotatable bonds is 14. The molecule has 0 unspecified atom stereocenters. The van der Waals surface area contributed by atoms with Gasteiger partial charge in [-0.2, -0.15) is 0 Å². The predicted octanol–water partition coefficient (Wildman–Crippen LogP) is 9.88.